The smallest absolute Gasteiger partial charge is 0.0351 e. The van der Waals surface area contributed by atoms with Crippen LogP contribution in [0, 0.1) is 5.92 Å². The van der Waals surface area contributed by atoms with Gasteiger partial charge < -0.3 is 0 Å². The van der Waals surface area contributed by atoms with Crippen molar-refractivity contribution in [3.05, 3.63) is 12.2 Å². The molecule has 0 nitrogen and oxygen atoms in total. The lowest BCUT2D eigenvalue weighted by Gasteiger charge is -2.11. The Kier molecular flexibility index (Phi) is 26.5. The van der Waals surface area contributed by atoms with Gasteiger partial charge in [-0.2, -0.15) is 0 Å². The lowest BCUT2D eigenvalue weighted by Crippen LogP contribution is -1.95. The maximum absolute atomic E-state index is 2.47. The summed E-state index contributed by atoms with van der Waals surface area (Å²) in [6.07, 6.45) is 39.3. The van der Waals surface area contributed by atoms with E-state index < -0.39 is 0 Å². The van der Waals surface area contributed by atoms with Crippen LogP contribution in [0.15, 0.2) is 12.2 Å². The van der Waals surface area contributed by atoms with Gasteiger partial charge >= 0.3 is 0 Å². The zero-order valence-electron chi connectivity index (χ0n) is 21.7. The molecular formula is C30H60. The molecule has 0 fully saturated rings. The standard InChI is InChI=1S/C30H60/c1-4-6-8-10-11-12-13-14-15-16-17-18-19-20-21-22-23-25-27-29-30(3)28-26-24-9-7-5-2/h16-17,30H,4-15,18-29H2,1-3H3/b17-16+. The van der Waals surface area contributed by atoms with Gasteiger partial charge in [-0.25, -0.2) is 0 Å². The number of unbranched alkanes of at least 4 members (excludes halogenated alkanes) is 19. The van der Waals surface area contributed by atoms with Crippen LogP contribution in [0.1, 0.15) is 175 Å². The van der Waals surface area contributed by atoms with Crippen LogP contribution >= 0.6 is 0 Å². The highest BCUT2D eigenvalue weighted by Crippen LogP contribution is 2.18. The first kappa shape index (κ1) is 29.7. The normalized spacial score (nSPS) is 12.8. The molecule has 0 aromatic rings. The average Bonchev–Trinajstić information content (AvgIpc) is 2.75. The highest BCUT2D eigenvalue weighted by Gasteiger charge is 2.02. The second-order valence-corrected chi connectivity index (χ2v) is 10.1. The topological polar surface area (TPSA) is 0 Å². The summed E-state index contributed by atoms with van der Waals surface area (Å²) in [6.45, 7) is 7.08. The largest absolute Gasteiger partial charge is 0.0885 e. The van der Waals surface area contributed by atoms with Crippen molar-refractivity contribution < 1.29 is 0 Å². The molecule has 0 heterocycles. The Balaban J connectivity index is 3.15. The monoisotopic (exact) mass is 420 g/mol. The summed E-state index contributed by atoms with van der Waals surface area (Å²) in [5, 5.41) is 0. The first-order valence-corrected chi connectivity index (χ1v) is 14.5. The van der Waals surface area contributed by atoms with Crippen molar-refractivity contribution in [1.82, 2.24) is 0 Å². The van der Waals surface area contributed by atoms with E-state index in [1.165, 1.54) is 154 Å². The fourth-order valence-electron chi connectivity index (χ4n) is 4.51. The fraction of sp³-hybridized carbons (Fsp3) is 0.933. The van der Waals surface area contributed by atoms with E-state index in [1.807, 2.05) is 0 Å². The molecule has 0 aliphatic heterocycles. The van der Waals surface area contributed by atoms with Crippen LogP contribution < -0.4 is 0 Å². The van der Waals surface area contributed by atoms with Crippen molar-refractivity contribution >= 4 is 0 Å². The summed E-state index contributed by atoms with van der Waals surface area (Å²) in [7, 11) is 0. The molecule has 0 heteroatoms. The van der Waals surface area contributed by atoms with Crippen molar-refractivity contribution in [1.29, 1.82) is 0 Å². The molecule has 0 N–H and O–H groups in total. The van der Waals surface area contributed by atoms with Crippen LogP contribution in [0.25, 0.3) is 0 Å². The van der Waals surface area contributed by atoms with E-state index in [9.17, 15) is 0 Å². The third kappa shape index (κ3) is 25.8. The maximum Gasteiger partial charge on any atom is -0.0351 e. The highest BCUT2D eigenvalue weighted by atomic mass is 14.1. The Morgan fingerprint density at radius 3 is 1.07 bits per heavy atom. The van der Waals surface area contributed by atoms with Gasteiger partial charge in [0.25, 0.3) is 0 Å². The summed E-state index contributed by atoms with van der Waals surface area (Å²) < 4.78 is 0. The van der Waals surface area contributed by atoms with Gasteiger partial charge in [0.05, 0.1) is 0 Å². The molecule has 0 bridgehead atoms. The van der Waals surface area contributed by atoms with Gasteiger partial charge in [-0.3, -0.25) is 0 Å². The van der Waals surface area contributed by atoms with Crippen molar-refractivity contribution in [3.8, 4) is 0 Å². The molecule has 0 aliphatic carbocycles. The summed E-state index contributed by atoms with van der Waals surface area (Å²) in [4.78, 5) is 0. The number of allylic oxidation sites excluding steroid dienone is 2. The third-order valence-corrected chi connectivity index (χ3v) is 6.76. The van der Waals surface area contributed by atoms with Gasteiger partial charge in [0.1, 0.15) is 0 Å². The van der Waals surface area contributed by atoms with E-state index in [1.54, 1.807) is 0 Å². The van der Waals surface area contributed by atoms with E-state index in [4.69, 9.17) is 0 Å². The molecule has 180 valence electrons. The van der Waals surface area contributed by atoms with Crippen molar-refractivity contribution in [2.24, 2.45) is 5.92 Å². The first-order valence-electron chi connectivity index (χ1n) is 14.5. The second-order valence-electron chi connectivity index (χ2n) is 10.1. The first-order chi connectivity index (χ1) is 14.8. The summed E-state index contributed by atoms with van der Waals surface area (Å²) in [5.41, 5.74) is 0. The lowest BCUT2D eigenvalue weighted by atomic mass is 9.96. The van der Waals surface area contributed by atoms with Crippen molar-refractivity contribution in [2.45, 2.75) is 175 Å². The zero-order valence-corrected chi connectivity index (χ0v) is 21.7. The van der Waals surface area contributed by atoms with Gasteiger partial charge in [-0.05, 0) is 31.6 Å². The van der Waals surface area contributed by atoms with Crippen molar-refractivity contribution in [2.75, 3.05) is 0 Å². The van der Waals surface area contributed by atoms with E-state index in [0.29, 0.717) is 0 Å². The zero-order chi connectivity index (χ0) is 22.0. The van der Waals surface area contributed by atoms with Crippen LogP contribution in [0.5, 0.6) is 0 Å². The minimum absolute atomic E-state index is 0.962. The Morgan fingerprint density at radius 1 is 0.400 bits per heavy atom. The fourth-order valence-corrected chi connectivity index (χ4v) is 4.51. The van der Waals surface area contributed by atoms with Gasteiger partial charge in [0, 0.05) is 0 Å². The second kappa shape index (κ2) is 26.8. The van der Waals surface area contributed by atoms with E-state index in [2.05, 4.69) is 32.9 Å². The molecule has 0 radical (unpaired) electrons. The molecule has 1 atom stereocenters. The number of hydrogen-bond donors (Lipinski definition) is 0. The van der Waals surface area contributed by atoms with Gasteiger partial charge in [-0.1, -0.05) is 161 Å². The van der Waals surface area contributed by atoms with Gasteiger partial charge in [0.15, 0.2) is 0 Å². The molecule has 0 aromatic heterocycles. The predicted molar refractivity (Wildman–Crippen MR) is 140 cm³/mol. The number of rotatable bonds is 25. The number of hydrogen-bond acceptors (Lipinski definition) is 0. The molecule has 0 spiro atoms. The minimum atomic E-state index is 0.962. The predicted octanol–water partition coefficient (Wildman–Crippen LogP) is 11.6. The Hall–Kier alpha value is -0.260. The van der Waals surface area contributed by atoms with Crippen LogP contribution in [0.2, 0.25) is 0 Å². The van der Waals surface area contributed by atoms with Crippen molar-refractivity contribution in [3.63, 3.8) is 0 Å². The molecule has 0 aliphatic rings. The summed E-state index contributed by atoms with van der Waals surface area (Å²) in [5.74, 6) is 0.962. The van der Waals surface area contributed by atoms with E-state index in [-0.39, 0.29) is 0 Å². The quantitative estimate of drug-likeness (QED) is 0.102. The van der Waals surface area contributed by atoms with Crippen LogP contribution in [-0.4, -0.2) is 0 Å². The van der Waals surface area contributed by atoms with Crippen LogP contribution in [0.4, 0.5) is 0 Å². The molecule has 30 heavy (non-hydrogen) atoms. The van der Waals surface area contributed by atoms with E-state index in [0.717, 1.165) is 5.92 Å². The summed E-state index contributed by atoms with van der Waals surface area (Å²) >= 11 is 0. The summed E-state index contributed by atoms with van der Waals surface area (Å²) in [6, 6.07) is 0. The highest BCUT2D eigenvalue weighted by molar-refractivity contribution is 4.81. The molecule has 1 unspecified atom stereocenters. The Bertz CT molecular complexity index is 316. The Morgan fingerprint density at radius 2 is 0.700 bits per heavy atom. The van der Waals surface area contributed by atoms with Gasteiger partial charge in [0.2, 0.25) is 0 Å². The lowest BCUT2D eigenvalue weighted by molar-refractivity contribution is 0.432. The molecule has 0 rings (SSSR count). The molecule has 0 amide bonds. The van der Waals surface area contributed by atoms with Gasteiger partial charge in [-0.15, -0.1) is 0 Å². The minimum Gasteiger partial charge on any atom is -0.0885 e. The van der Waals surface area contributed by atoms with Crippen LogP contribution in [0.3, 0.4) is 0 Å². The average molecular weight is 421 g/mol. The molecule has 0 saturated heterocycles. The maximum atomic E-state index is 2.47. The Labute approximate surface area is 193 Å². The SMILES string of the molecule is CCCCCCCCCC/C=C/CCCCCCCCCC(C)CCCCCCC. The molecule has 0 saturated carbocycles. The van der Waals surface area contributed by atoms with E-state index >= 15 is 0 Å². The molecule has 0 aromatic carbocycles. The molecular weight excluding hydrogens is 360 g/mol. The van der Waals surface area contributed by atoms with Crippen LogP contribution in [-0.2, 0) is 0 Å². The third-order valence-electron chi connectivity index (χ3n) is 6.76.